The summed E-state index contributed by atoms with van der Waals surface area (Å²) in [5.74, 6) is 0. The summed E-state index contributed by atoms with van der Waals surface area (Å²) in [5.41, 5.74) is 7.63. The molecule has 0 saturated carbocycles. The molecule has 0 bridgehead atoms. The maximum Gasteiger partial charge on any atom is 0.113 e. The molecule has 0 aromatic rings. The minimum absolute atomic E-state index is 0.127. The number of allylic oxidation sites excluding steroid dienone is 2. The molecule has 4 N–H and O–H groups in total. The van der Waals surface area contributed by atoms with Crippen LogP contribution in [0.5, 0.6) is 0 Å². The van der Waals surface area contributed by atoms with Crippen molar-refractivity contribution in [1.29, 1.82) is 0 Å². The predicted octanol–water partition coefficient (Wildman–Crippen LogP) is -0.439. The van der Waals surface area contributed by atoms with Crippen LogP contribution in [0, 0.1) is 0 Å². The van der Waals surface area contributed by atoms with E-state index in [-0.39, 0.29) is 17.9 Å². The third-order valence-electron chi connectivity index (χ3n) is 3.12. The fraction of sp³-hybridized carbons (Fsp3) is 0.556. The third-order valence-corrected chi connectivity index (χ3v) is 3.12. The summed E-state index contributed by atoms with van der Waals surface area (Å²) in [5, 5.41) is 6.53. The molecule has 1 saturated heterocycles. The van der Waals surface area contributed by atoms with Crippen molar-refractivity contribution in [1.82, 2.24) is 10.6 Å². The highest BCUT2D eigenvalue weighted by Gasteiger charge is 2.43. The van der Waals surface area contributed by atoms with Gasteiger partial charge in [-0.05, 0) is 13.8 Å². The van der Waals surface area contributed by atoms with Crippen molar-refractivity contribution in [2.24, 2.45) is 5.73 Å². The van der Waals surface area contributed by atoms with Gasteiger partial charge in [0.25, 0.3) is 0 Å². The van der Waals surface area contributed by atoms with Crippen molar-refractivity contribution in [3.8, 4) is 0 Å². The first kappa shape index (κ1) is 9.00. The second-order valence-electron chi connectivity index (χ2n) is 3.91. The summed E-state index contributed by atoms with van der Waals surface area (Å²) in [6.07, 6.45) is 3.84. The van der Waals surface area contributed by atoms with Crippen LogP contribution in [0.1, 0.15) is 13.8 Å². The van der Waals surface area contributed by atoms with E-state index in [9.17, 15) is 0 Å². The molecule has 1 heterocycles. The predicted molar refractivity (Wildman–Crippen MR) is 54.0 cm³/mol. The van der Waals surface area contributed by atoms with Crippen molar-refractivity contribution < 1.29 is 0 Å². The molecule has 2 radical (unpaired) electrons. The van der Waals surface area contributed by atoms with Crippen molar-refractivity contribution in [2.45, 2.75) is 31.7 Å². The number of hydrogen-bond acceptors (Lipinski definition) is 3. The minimum atomic E-state index is -0.152. The molecule has 2 unspecified atom stereocenters. The van der Waals surface area contributed by atoms with Crippen molar-refractivity contribution >= 4 is 7.85 Å². The Labute approximate surface area is 79.9 Å². The molecule has 13 heavy (non-hydrogen) atoms. The fourth-order valence-electron chi connectivity index (χ4n) is 2.03. The molecule has 2 aliphatic rings. The van der Waals surface area contributed by atoms with E-state index in [1.165, 1.54) is 0 Å². The molecule has 0 amide bonds. The molecule has 0 aromatic carbocycles. The second kappa shape index (κ2) is 2.70. The summed E-state index contributed by atoms with van der Waals surface area (Å²) >= 11 is 0. The lowest BCUT2D eigenvalue weighted by Gasteiger charge is -2.34. The molecule has 68 valence electrons. The number of nitrogens with two attached hydrogens (primary N) is 1. The molecule has 1 aliphatic carbocycles. The first-order valence-electron chi connectivity index (χ1n) is 4.48. The molecule has 3 nitrogen and oxygen atoms in total. The van der Waals surface area contributed by atoms with Gasteiger partial charge >= 0.3 is 0 Å². The highest BCUT2D eigenvalue weighted by molar-refractivity contribution is 6.24. The van der Waals surface area contributed by atoms with Crippen molar-refractivity contribution in [2.75, 3.05) is 0 Å². The van der Waals surface area contributed by atoms with Crippen LogP contribution in [0.4, 0.5) is 0 Å². The summed E-state index contributed by atoms with van der Waals surface area (Å²) < 4.78 is 0. The van der Waals surface area contributed by atoms with Crippen LogP contribution in [0.3, 0.4) is 0 Å². The van der Waals surface area contributed by atoms with Gasteiger partial charge < -0.3 is 5.73 Å². The Bertz CT molecular complexity index is 297. The molecule has 0 spiro atoms. The van der Waals surface area contributed by atoms with E-state index in [1.807, 2.05) is 13.0 Å². The average Bonchev–Trinajstić information content (AvgIpc) is 2.36. The van der Waals surface area contributed by atoms with E-state index in [0.717, 1.165) is 11.0 Å². The van der Waals surface area contributed by atoms with Gasteiger partial charge in [0.15, 0.2) is 0 Å². The average molecular weight is 175 g/mol. The lowest BCUT2D eigenvalue weighted by Crippen LogP contribution is -2.50. The van der Waals surface area contributed by atoms with E-state index in [2.05, 4.69) is 23.6 Å². The molecular weight excluding hydrogens is 161 g/mol. The second-order valence-corrected chi connectivity index (χ2v) is 3.91. The molecule has 0 aromatic heterocycles. The number of hydrogen-bond donors (Lipinski definition) is 3. The zero-order valence-electron chi connectivity index (χ0n) is 7.96. The lowest BCUT2D eigenvalue weighted by atomic mass is 9.74. The normalized spacial score (nSPS) is 43.9. The largest absolute Gasteiger partial charge is 0.304 e. The van der Waals surface area contributed by atoms with E-state index >= 15 is 0 Å². The topological polar surface area (TPSA) is 50.1 Å². The van der Waals surface area contributed by atoms with Crippen LogP contribution in [0.2, 0.25) is 0 Å². The Hall–Kier alpha value is -0.575. The minimum Gasteiger partial charge on any atom is -0.304 e. The zero-order chi connectivity index (χ0) is 9.64. The van der Waals surface area contributed by atoms with Crippen molar-refractivity contribution in [3.05, 3.63) is 23.2 Å². The van der Waals surface area contributed by atoms with Crippen LogP contribution in [0.25, 0.3) is 0 Å². The zero-order valence-corrected chi connectivity index (χ0v) is 7.96. The summed E-state index contributed by atoms with van der Waals surface area (Å²) in [4.78, 5) is 0. The Morgan fingerprint density at radius 3 is 3.00 bits per heavy atom. The summed E-state index contributed by atoms with van der Waals surface area (Å²) in [6.45, 7) is 4.15. The van der Waals surface area contributed by atoms with Crippen LogP contribution >= 0.6 is 0 Å². The van der Waals surface area contributed by atoms with Gasteiger partial charge in [0.2, 0.25) is 0 Å². The van der Waals surface area contributed by atoms with Gasteiger partial charge in [-0.1, -0.05) is 23.2 Å². The van der Waals surface area contributed by atoms with E-state index in [4.69, 9.17) is 13.6 Å². The van der Waals surface area contributed by atoms with Gasteiger partial charge in [0.1, 0.15) is 14.1 Å². The Morgan fingerprint density at radius 1 is 1.62 bits per heavy atom. The maximum absolute atomic E-state index is 5.85. The monoisotopic (exact) mass is 175 g/mol. The molecule has 1 fully saturated rings. The SMILES string of the molecule is [B]C1=C(C)[C@@]2(C)NC(N)NC2C=C1. The van der Waals surface area contributed by atoms with Gasteiger partial charge in [-0.15, -0.1) is 0 Å². The van der Waals surface area contributed by atoms with Crippen LogP contribution in [-0.2, 0) is 0 Å². The number of rotatable bonds is 0. The quantitative estimate of drug-likeness (QED) is 0.437. The molecule has 4 heteroatoms. The molecule has 2 rings (SSSR count). The molecule has 3 atom stereocenters. The summed E-state index contributed by atoms with van der Waals surface area (Å²) in [7, 11) is 5.85. The lowest BCUT2D eigenvalue weighted by molar-refractivity contribution is 0.441. The van der Waals surface area contributed by atoms with Gasteiger partial charge in [0, 0.05) is 6.04 Å². The Morgan fingerprint density at radius 2 is 2.31 bits per heavy atom. The van der Waals surface area contributed by atoms with Gasteiger partial charge in [0.05, 0.1) is 5.54 Å². The fourth-order valence-corrected chi connectivity index (χ4v) is 2.03. The third kappa shape index (κ3) is 1.17. The highest BCUT2D eigenvalue weighted by atomic mass is 15.3. The smallest absolute Gasteiger partial charge is 0.113 e. The van der Waals surface area contributed by atoms with Gasteiger partial charge in [-0.3, -0.25) is 10.6 Å². The van der Waals surface area contributed by atoms with Crippen molar-refractivity contribution in [3.63, 3.8) is 0 Å². The Kier molecular flexibility index (Phi) is 1.87. The van der Waals surface area contributed by atoms with Crippen LogP contribution in [0.15, 0.2) is 23.2 Å². The van der Waals surface area contributed by atoms with Crippen LogP contribution < -0.4 is 16.4 Å². The first-order valence-corrected chi connectivity index (χ1v) is 4.48. The van der Waals surface area contributed by atoms with E-state index in [1.54, 1.807) is 0 Å². The standard InChI is InChI=1S/C9H14BN3/c1-5-6(10)3-4-7-9(5,2)13-8(11)12-7/h3-4,7-8,12-13H,11H2,1-2H3/t7?,8?,9-/m1/s1. The Balaban J connectivity index is 2.40. The number of nitrogens with one attached hydrogen (secondary N) is 2. The van der Waals surface area contributed by atoms with Gasteiger partial charge in [-0.2, -0.15) is 0 Å². The maximum atomic E-state index is 5.85. The molecule has 1 aliphatic heterocycles. The first-order chi connectivity index (χ1) is 6.04. The van der Waals surface area contributed by atoms with E-state index in [0.29, 0.717) is 0 Å². The van der Waals surface area contributed by atoms with Crippen LogP contribution in [-0.4, -0.2) is 25.7 Å². The number of fused-ring (bicyclic) bond motifs is 1. The highest BCUT2D eigenvalue weighted by Crippen LogP contribution is 2.31. The van der Waals surface area contributed by atoms with E-state index < -0.39 is 0 Å². The summed E-state index contributed by atoms with van der Waals surface area (Å²) in [6, 6.07) is 0.245. The van der Waals surface area contributed by atoms with Gasteiger partial charge in [-0.25, -0.2) is 0 Å². The molecular formula is C9H14BN3.